The molecule has 1 aliphatic heterocycles. The predicted molar refractivity (Wildman–Crippen MR) is 154 cm³/mol. The highest BCUT2D eigenvalue weighted by Crippen LogP contribution is 2.36. The second-order valence-corrected chi connectivity index (χ2v) is 9.45. The van der Waals surface area contributed by atoms with Crippen LogP contribution in [0, 0.1) is 17.1 Å². The number of nitriles is 1. The largest absolute Gasteiger partial charge is 0.507 e. The first-order chi connectivity index (χ1) is 19.4. The topological polar surface area (TPSA) is 131 Å². The van der Waals surface area contributed by atoms with Gasteiger partial charge in [0.1, 0.15) is 23.2 Å². The zero-order chi connectivity index (χ0) is 28.1. The Morgan fingerprint density at radius 1 is 1.02 bits per heavy atom. The highest BCUT2D eigenvalue weighted by Gasteiger charge is 2.21. The first-order valence-corrected chi connectivity index (χ1v) is 12.8. The number of aromatic nitrogens is 1. The monoisotopic (exact) mass is 575 g/mol. The Morgan fingerprint density at radius 2 is 1.83 bits per heavy atom. The van der Waals surface area contributed by atoms with Crippen molar-refractivity contribution in [1.82, 2.24) is 9.88 Å². The summed E-state index contributed by atoms with van der Waals surface area (Å²) < 4.78 is 18.9. The maximum absolute atomic E-state index is 13.7. The predicted octanol–water partition coefficient (Wildman–Crippen LogP) is 5.82. The van der Waals surface area contributed by atoms with Gasteiger partial charge in [-0.2, -0.15) is 5.26 Å². The number of phenols is 1. The molecule has 11 heteroatoms. The van der Waals surface area contributed by atoms with E-state index >= 15 is 0 Å². The van der Waals surface area contributed by atoms with Gasteiger partial charge in [-0.3, -0.25) is 14.5 Å². The number of nitrogens with zero attached hydrogens (tertiary/aromatic N) is 3. The molecule has 41 heavy (non-hydrogen) atoms. The number of nitrogens with one attached hydrogen (secondary N) is 2. The fourth-order valence-electron chi connectivity index (χ4n) is 4.70. The number of furan rings is 1. The number of likely N-dealkylation sites (tertiary alicyclic amines) is 1. The number of carbonyl (C=O) groups is 2. The molecular formula is C30H27ClFN5O4. The molecule has 0 atom stereocenters. The molecule has 5 rings (SSSR count). The van der Waals surface area contributed by atoms with Gasteiger partial charge in [0.05, 0.1) is 18.5 Å². The lowest BCUT2D eigenvalue weighted by atomic mass is 9.97. The van der Waals surface area contributed by atoms with E-state index in [1.165, 1.54) is 30.9 Å². The number of rotatable bonds is 7. The summed E-state index contributed by atoms with van der Waals surface area (Å²) in [5.41, 5.74) is 1.94. The molecule has 1 saturated heterocycles. The SMILES string of the molecule is Cl.N#Cc1c(-c2cccc(NC(=O)CN3CCCCC3)c2)cc(-c2ccc(F)cc2O)nc1NC(=O)c1ccco1. The van der Waals surface area contributed by atoms with Crippen molar-refractivity contribution in [2.75, 3.05) is 30.3 Å². The van der Waals surface area contributed by atoms with E-state index in [4.69, 9.17) is 4.42 Å². The van der Waals surface area contributed by atoms with Crippen LogP contribution < -0.4 is 10.6 Å². The van der Waals surface area contributed by atoms with Gasteiger partial charge in [-0.1, -0.05) is 18.6 Å². The van der Waals surface area contributed by atoms with Gasteiger partial charge in [-0.05, 0) is 74.0 Å². The van der Waals surface area contributed by atoms with E-state index in [1.54, 1.807) is 36.4 Å². The van der Waals surface area contributed by atoms with Crippen molar-refractivity contribution in [3.63, 3.8) is 0 Å². The van der Waals surface area contributed by atoms with E-state index in [0.717, 1.165) is 32.0 Å². The lowest BCUT2D eigenvalue weighted by molar-refractivity contribution is -0.117. The first-order valence-electron chi connectivity index (χ1n) is 12.8. The summed E-state index contributed by atoms with van der Waals surface area (Å²) in [7, 11) is 0. The van der Waals surface area contributed by atoms with Crippen LogP contribution in [0.5, 0.6) is 5.75 Å². The van der Waals surface area contributed by atoms with Crippen LogP contribution >= 0.6 is 12.4 Å². The maximum Gasteiger partial charge on any atom is 0.292 e. The van der Waals surface area contributed by atoms with Crippen molar-refractivity contribution in [1.29, 1.82) is 5.26 Å². The number of hydrogen-bond donors (Lipinski definition) is 3. The number of aromatic hydroxyl groups is 1. The Balaban J connectivity index is 0.00000387. The standard InChI is InChI=1S/C30H26FN5O4.ClH/c31-20-9-10-22(26(37)15-20)25-16-23(24(17-32)29(34-25)35-30(39)27-8-5-13-40-27)19-6-4-7-21(14-19)33-28(38)18-36-11-2-1-3-12-36;/h4-10,13-16,37H,1-3,11-12,18H2,(H,33,38)(H,34,35,39);1H. The van der Waals surface area contributed by atoms with Gasteiger partial charge in [-0.15, -0.1) is 12.4 Å². The lowest BCUT2D eigenvalue weighted by Crippen LogP contribution is -2.36. The molecule has 0 bridgehead atoms. The zero-order valence-electron chi connectivity index (χ0n) is 21.9. The number of hydrogen-bond acceptors (Lipinski definition) is 7. The molecule has 0 unspecified atom stereocenters. The van der Waals surface area contributed by atoms with Crippen LogP contribution in [0.2, 0.25) is 0 Å². The Labute approximate surface area is 242 Å². The number of anilines is 2. The normalized spacial score (nSPS) is 13.1. The average molecular weight is 576 g/mol. The van der Waals surface area contributed by atoms with Crippen molar-refractivity contribution < 1.29 is 23.5 Å². The van der Waals surface area contributed by atoms with Crippen LogP contribution in [0.1, 0.15) is 35.4 Å². The third kappa shape index (κ3) is 6.90. The summed E-state index contributed by atoms with van der Waals surface area (Å²) in [6, 6.07) is 17.1. The molecule has 4 aromatic rings. The Kier molecular flexibility index (Phi) is 9.34. The summed E-state index contributed by atoms with van der Waals surface area (Å²) in [6.45, 7) is 2.07. The highest BCUT2D eigenvalue weighted by molar-refractivity contribution is 6.03. The number of phenolic OH excluding ortho intramolecular Hbond substituents is 1. The van der Waals surface area contributed by atoms with E-state index in [-0.39, 0.29) is 52.5 Å². The number of piperidine rings is 1. The fraction of sp³-hybridized carbons (Fsp3) is 0.200. The van der Waals surface area contributed by atoms with E-state index in [2.05, 4.69) is 26.6 Å². The zero-order valence-corrected chi connectivity index (χ0v) is 22.7. The van der Waals surface area contributed by atoms with Crippen molar-refractivity contribution in [2.45, 2.75) is 19.3 Å². The Hall–Kier alpha value is -4.72. The molecule has 0 saturated carbocycles. The van der Waals surface area contributed by atoms with Gasteiger partial charge in [0.15, 0.2) is 11.6 Å². The van der Waals surface area contributed by atoms with Crippen molar-refractivity contribution in [3.8, 4) is 34.2 Å². The van der Waals surface area contributed by atoms with E-state index in [1.807, 2.05) is 0 Å². The molecule has 0 aliphatic carbocycles. The number of carbonyl (C=O) groups excluding carboxylic acids is 2. The molecule has 2 aromatic carbocycles. The molecular weight excluding hydrogens is 549 g/mol. The van der Waals surface area contributed by atoms with Crippen LogP contribution in [0.4, 0.5) is 15.9 Å². The van der Waals surface area contributed by atoms with Crippen LogP contribution in [-0.4, -0.2) is 46.4 Å². The van der Waals surface area contributed by atoms with Crippen molar-refractivity contribution in [2.24, 2.45) is 0 Å². The summed E-state index contributed by atoms with van der Waals surface area (Å²) in [5, 5.41) is 26.1. The maximum atomic E-state index is 13.7. The molecule has 2 amide bonds. The van der Waals surface area contributed by atoms with Gasteiger partial charge in [-0.25, -0.2) is 9.37 Å². The summed E-state index contributed by atoms with van der Waals surface area (Å²) in [4.78, 5) is 32.0. The second-order valence-electron chi connectivity index (χ2n) is 9.45. The van der Waals surface area contributed by atoms with Gasteiger partial charge in [0.2, 0.25) is 5.91 Å². The van der Waals surface area contributed by atoms with Crippen LogP contribution in [-0.2, 0) is 4.79 Å². The number of amides is 2. The van der Waals surface area contributed by atoms with Gasteiger partial charge in [0, 0.05) is 22.9 Å². The quantitative estimate of drug-likeness (QED) is 0.253. The molecule has 3 heterocycles. The molecule has 0 spiro atoms. The number of halogens is 2. The van der Waals surface area contributed by atoms with Crippen LogP contribution in [0.25, 0.3) is 22.4 Å². The smallest absolute Gasteiger partial charge is 0.292 e. The number of pyridine rings is 1. The molecule has 1 fully saturated rings. The third-order valence-corrected chi connectivity index (χ3v) is 6.62. The first kappa shape index (κ1) is 29.3. The Morgan fingerprint density at radius 3 is 2.54 bits per heavy atom. The molecule has 210 valence electrons. The van der Waals surface area contributed by atoms with Crippen LogP contribution in [0.3, 0.4) is 0 Å². The van der Waals surface area contributed by atoms with Gasteiger partial charge < -0.3 is 20.2 Å². The highest BCUT2D eigenvalue weighted by atomic mass is 35.5. The molecule has 3 N–H and O–H groups in total. The Bertz CT molecular complexity index is 1600. The summed E-state index contributed by atoms with van der Waals surface area (Å²) in [6.07, 6.45) is 4.67. The third-order valence-electron chi connectivity index (χ3n) is 6.62. The van der Waals surface area contributed by atoms with Crippen LogP contribution in [0.15, 0.2) is 71.3 Å². The number of benzene rings is 2. The molecule has 9 nitrogen and oxygen atoms in total. The summed E-state index contributed by atoms with van der Waals surface area (Å²) >= 11 is 0. The average Bonchev–Trinajstić information content (AvgIpc) is 3.49. The van der Waals surface area contributed by atoms with Gasteiger partial charge in [0.25, 0.3) is 5.91 Å². The second kappa shape index (κ2) is 13.1. The minimum Gasteiger partial charge on any atom is -0.507 e. The molecule has 1 aliphatic rings. The van der Waals surface area contributed by atoms with E-state index in [9.17, 15) is 24.3 Å². The lowest BCUT2D eigenvalue weighted by Gasteiger charge is -2.25. The molecule has 2 aromatic heterocycles. The van der Waals surface area contributed by atoms with Crippen molar-refractivity contribution in [3.05, 3.63) is 84.1 Å². The van der Waals surface area contributed by atoms with Gasteiger partial charge >= 0.3 is 0 Å². The minimum atomic E-state index is -0.630. The van der Waals surface area contributed by atoms with Crippen molar-refractivity contribution >= 4 is 35.7 Å². The van der Waals surface area contributed by atoms with E-state index in [0.29, 0.717) is 23.4 Å². The van der Waals surface area contributed by atoms with E-state index < -0.39 is 11.7 Å². The molecule has 0 radical (unpaired) electrons. The summed E-state index contributed by atoms with van der Waals surface area (Å²) in [5.74, 6) is -1.81. The minimum absolute atomic E-state index is 0. The fourth-order valence-corrected chi connectivity index (χ4v) is 4.70.